The summed E-state index contributed by atoms with van der Waals surface area (Å²) in [6.07, 6.45) is -4.69. The molecule has 0 bridgehead atoms. The van der Waals surface area contributed by atoms with Gasteiger partial charge in [-0.15, -0.1) is 0 Å². The highest BCUT2D eigenvalue weighted by Crippen LogP contribution is 2.37. The van der Waals surface area contributed by atoms with Crippen LogP contribution in [0.5, 0.6) is 5.88 Å². The van der Waals surface area contributed by atoms with Crippen molar-refractivity contribution >= 4 is 22.6 Å². The third-order valence-corrected chi connectivity index (χ3v) is 3.81. The van der Waals surface area contributed by atoms with Gasteiger partial charge in [-0.1, -0.05) is 0 Å². The number of fused-ring (bicyclic) bond motifs is 1. The number of halogens is 5. The fourth-order valence-electron chi connectivity index (χ4n) is 2.64. The van der Waals surface area contributed by atoms with E-state index in [9.17, 15) is 26.7 Å². The number of rotatable bonds is 4. The Morgan fingerprint density at radius 2 is 1.96 bits per heavy atom. The van der Waals surface area contributed by atoms with Crippen molar-refractivity contribution in [1.82, 2.24) is 14.8 Å². The first-order valence-corrected chi connectivity index (χ1v) is 7.85. The number of nitrogens with zero attached hydrogens (tertiary/aromatic N) is 3. The van der Waals surface area contributed by atoms with Crippen molar-refractivity contribution < 1.29 is 31.5 Å². The number of benzene rings is 1. The Bertz CT molecular complexity index is 1060. The van der Waals surface area contributed by atoms with E-state index in [1.54, 1.807) is 0 Å². The van der Waals surface area contributed by atoms with Gasteiger partial charge in [-0.2, -0.15) is 23.3 Å². The quantitative estimate of drug-likeness (QED) is 0.680. The predicted molar refractivity (Wildman–Crippen MR) is 88.7 cm³/mol. The standard InChI is InChI=1S/C17H13F5N4O2/c1-8-15-10(17(20,21)22)6-14(24-16(15)26(2)25-8)28-7-13(27)23-12-4-3-9(18)5-11(12)19/h3-6H,7H2,1-2H3,(H,23,27). The van der Waals surface area contributed by atoms with Gasteiger partial charge in [0.25, 0.3) is 5.91 Å². The molecule has 0 spiro atoms. The van der Waals surface area contributed by atoms with Crippen molar-refractivity contribution in [3.05, 3.63) is 47.2 Å². The first-order chi connectivity index (χ1) is 13.1. The Morgan fingerprint density at radius 1 is 1.25 bits per heavy atom. The van der Waals surface area contributed by atoms with Gasteiger partial charge in [0.05, 0.1) is 22.3 Å². The van der Waals surface area contributed by atoms with Crippen LogP contribution in [0.1, 0.15) is 11.3 Å². The van der Waals surface area contributed by atoms with Crippen LogP contribution in [0.4, 0.5) is 27.6 Å². The van der Waals surface area contributed by atoms with Crippen LogP contribution < -0.4 is 10.1 Å². The number of alkyl halides is 3. The molecule has 1 amide bonds. The Labute approximate surface area is 154 Å². The number of carbonyl (C=O) groups is 1. The number of hydrogen-bond donors (Lipinski definition) is 1. The lowest BCUT2D eigenvalue weighted by molar-refractivity contribution is -0.136. The van der Waals surface area contributed by atoms with E-state index in [2.05, 4.69) is 15.4 Å². The Balaban J connectivity index is 1.82. The third kappa shape index (κ3) is 3.87. The maximum Gasteiger partial charge on any atom is 0.417 e. The van der Waals surface area contributed by atoms with Gasteiger partial charge < -0.3 is 10.1 Å². The molecule has 0 saturated carbocycles. The number of aromatic nitrogens is 3. The van der Waals surface area contributed by atoms with E-state index in [0.29, 0.717) is 12.1 Å². The minimum absolute atomic E-state index is 0.0627. The Hall–Kier alpha value is -3.24. The minimum Gasteiger partial charge on any atom is -0.467 e. The van der Waals surface area contributed by atoms with Crippen LogP contribution in [-0.4, -0.2) is 27.3 Å². The van der Waals surface area contributed by atoms with Crippen molar-refractivity contribution in [1.29, 1.82) is 0 Å². The van der Waals surface area contributed by atoms with E-state index in [4.69, 9.17) is 4.74 Å². The normalized spacial score (nSPS) is 11.7. The zero-order valence-corrected chi connectivity index (χ0v) is 14.6. The number of amides is 1. The lowest BCUT2D eigenvalue weighted by Gasteiger charge is -2.12. The second-order valence-corrected chi connectivity index (χ2v) is 5.87. The van der Waals surface area contributed by atoms with Gasteiger partial charge in [0.15, 0.2) is 12.3 Å². The predicted octanol–water partition coefficient (Wildman–Crippen LogP) is 3.59. The molecule has 2 heterocycles. The van der Waals surface area contributed by atoms with E-state index < -0.39 is 41.8 Å². The molecule has 0 radical (unpaired) electrons. The summed E-state index contributed by atoms with van der Waals surface area (Å²) in [6, 6.07) is 3.19. The van der Waals surface area contributed by atoms with Crippen molar-refractivity contribution in [2.45, 2.75) is 13.1 Å². The molecule has 0 aliphatic rings. The molecule has 11 heteroatoms. The molecule has 0 aliphatic carbocycles. The number of anilines is 1. The summed E-state index contributed by atoms with van der Waals surface area (Å²) in [5.74, 6) is -3.13. The molecule has 0 unspecified atom stereocenters. The van der Waals surface area contributed by atoms with Crippen molar-refractivity contribution in [2.75, 3.05) is 11.9 Å². The average Bonchev–Trinajstić information content (AvgIpc) is 2.88. The molecule has 0 atom stereocenters. The summed E-state index contributed by atoms with van der Waals surface area (Å²) in [6.45, 7) is 0.688. The van der Waals surface area contributed by atoms with Crippen LogP contribution in [0.15, 0.2) is 24.3 Å². The Morgan fingerprint density at radius 3 is 2.61 bits per heavy atom. The van der Waals surface area contributed by atoms with E-state index in [0.717, 1.165) is 12.1 Å². The highest BCUT2D eigenvalue weighted by atomic mass is 19.4. The largest absolute Gasteiger partial charge is 0.467 e. The molecular formula is C17H13F5N4O2. The number of ether oxygens (including phenoxy) is 1. The van der Waals surface area contributed by atoms with Crippen molar-refractivity contribution in [3.63, 3.8) is 0 Å². The summed E-state index contributed by atoms with van der Waals surface area (Å²) in [5, 5.41) is 5.89. The topological polar surface area (TPSA) is 69.0 Å². The van der Waals surface area contributed by atoms with Gasteiger partial charge >= 0.3 is 6.18 Å². The minimum atomic E-state index is -4.69. The number of pyridine rings is 1. The van der Waals surface area contributed by atoms with E-state index in [-0.39, 0.29) is 22.4 Å². The summed E-state index contributed by atoms with van der Waals surface area (Å²) in [4.78, 5) is 15.8. The highest BCUT2D eigenvalue weighted by molar-refractivity contribution is 5.92. The van der Waals surface area contributed by atoms with Gasteiger partial charge in [-0.25, -0.2) is 8.78 Å². The summed E-state index contributed by atoms with van der Waals surface area (Å²) < 4.78 is 72.8. The van der Waals surface area contributed by atoms with Gasteiger partial charge in [0.2, 0.25) is 5.88 Å². The molecule has 0 fully saturated rings. The first-order valence-electron chi connectivity index (χ1n) is 7.85. The first kappa shape index (κ1) is 19.5. The lowest BCUT2D eigenvalue weighted by Crippen LogP contribution is -2.21. The molecule has 28 heavy (non-hydrogen) atoms. The van der Waals surface area contributed by atoms with Crippen LogP contribution in [0.25, 0.3) is 11.0 Å². The molecule has 6 nitrogen and oxygen atoms in total. The third-order valence-electron chi connectivity index (χ3n) is 3.81. The van der Waals surface area contributed by atoms with E-state index in [1.165, 1.54) is 18.7 Å². The second-order valence-electron chi connectivity index (χ2n) is 5.87. The monoisotopic (exact) mass is 400 g/mol. The molecule has 1 aromatic carbocycles. The number of nitrogens with one attached hydrogen (secondary N) is 1. The average molecular weight is 400 g/mol. The molecule has 148 valence electrons. The van der Waals surface area contributed by atoms with Crippen molar-refractivity contribution in [3.8, 4) is 5.88 Å². The molecule has 1 N–H and O–H groups in total. The SMILES string of the molecule is Cc1nn(C)c2nc(OCC(=O)Nc3ccc(F)cc3F)cc(C(F)(F)F)c12. The maximum absolute atomic E-state index is 13.5. The lowest BCUT2D eigenvalue weighted by atomic mass is 10.1. The van der Waals surface area contributed by atoms with Crippen LogP contribution in [-0.2, 0) is 18.0 Å². The van der Waals surface area contributed by atoms with Crippen molar-refractivity contribution in [2.24, 2.45) is 7.05 Å². The van der Waals surface area contributed by atoms with Crippen LogP contribution in [0.2, 0.25) is 0 Å². The number of hydrogen-bond acceptors (Lipinski definition) is 4. The Kier molecular flexibility index (Phi) is 4.92. The maximum atomic E-state index is 13.5. The fourth-order valence-corrected chi connectivity index (χ4v) is 2.64. The molecule has 0 aliphatic heterocycles. The smallest absolute Gasteiger partial charge is 0.417 e. The number of carbonyl (C=O) groups excluding carboxylic acids is 1. The summed E-state index contributed by atoms with van der Waals surface area (Å²) in [7, 11) is 1.43. The number of aryl methyl sites for hydroxylation is 2. The van der Waals surface area contributed by atoms with Gasteiger partial charge in [-0.3, -0.25) is 9.48 Å². The van der Waals surface area contributed by atoms with Gasteiger partial charge in [0.1, 0.15) is 11.6 Å². The van der Waals surface area contributed by atoms with Crippen LogP contribution >= 0.6 is 0 Å². The fraction of sp³-hybridized carbons (Fsp3) is 0.235. The molecule has 3 rings (SSSR count). The summed E-state index contributed by atoms with van der Waals surface area (Å²) >= 11 is 0. The van der Waals surface area contributed by atoms with Crippen LogP contribution in [0, 0.1) is 18.6 Å². The molecular weight excluding hydrogens is 387 g/mol. The van der Waals surface area contributed by atoms with Crippen LogP contribution in [0.3, 0.4) is 0 Å². The van der Waals surface area contributed by atoms with Gasteiger partial charge in [-0.05, 0) is 19.1 Å². The zero-order chi connectivity index (χ0) is 20.6. The highest BCUT2D eigenvalue weighted by Gasteiger charge is 2.35. The molecule has 2 aromatic heterocycles. The van der Waals surface area contributed by atoms with E-state index >= 15 is 0 Å². The van der Waals surface area contributed by atoms with E-state index in [1.807, 2.05) is 0 Å². The zero-order valence-electron chi connectivity index (χ0n) is 14.6. The molecule has 0 saturated heterocycles. The second kappa shape index (κ2) is 7.06. The van der Waals surface area contributed by atoms with Gasteiger partial charge in [0, 0.05) is 19.2 Å². The summed E-state index contributed by atoms with van der Waals surface area (Å²) in [5.41, 5.74) is -1.21. The molecule has 3 aromatic rings.